The first kappa shape index (κ1) is 13.0. The lowest BCUT2D eigenvalue weighted by atomic mass is 10.3. The molecule has 0 aliphatic heterocycles. The maximum Gasteiger partial charge on any atom is 0.401 e. The van der Waals surface area contributed by atoms with Crippen LogP contribution in [0, 0.1) is 10.1 Å². The third kappa shape index (κ3) is 2.72. The van der Waals surface area contributed by atoms with E-state index in [1.807, 2.05) is 6.92 Å². The van der Waals surface area contributed by atoms with E-state index in [1.54, 1.807) is 4.57 Å². The molecule has 0 atom stereocenters. The Bertz CT molecular complexity index is 376. The van der Waals surface area contributed by atoms with Gasteiger partial charge < -0.3 is 10.1 Å². The van der Waals surface area contributed by atoms with E-state index in [9.17, 15) is 10.1 Å². The van der Waals surface area contributed by atoms with Gasteiger partial charge in [0.1, 0.15) is 0 Å². The average molecular weight is 246 g/mol. The Hall–Kier alpha value is -1.10. The summed E-state index contributed by atoms with van der Waals surface area (Å²) in [5.74, 6) is 0.494. The van der Waals surface area contributed by atoms with Gasteiger partial charge in [-0.25, -0.2) is 0 Å². The highest BCUT2D eigenvalue weighted by Gasteiger charge is 2.25. The van der Waals surface area contributed by atoms with Gasteiger partial charge in [0.05, 0.1) is 0 Å². The van der Waals surface area contributed by atoms with Gasteiger partial charge in [0.25, 0.3) is 0 Å². The lowest BCUT2D eigenvalue weighted by molar-refractivity contribution is -0.389. The van der Waals surface area contributed by atoms with Crippen LogP contribution in [-0.4, -0.2) is 14.5 Å². The first-order valence-electron chi connectivity index (χ1n) is 5.51. The van der Waals surface area contributed by atoms with Crippen molar-refractivity contribution in [3.8, 4) is 0 Å². The molecule has 0 saturated carbocycles. The predicted molar refractivity (Wildman–Crippen MR) is 62.8 cm³/mol. The summed E-state index contributed by atoms with van der Waals surface area (Å²) < 4.78 is 1.76. The van der Waals surface area contributed by atoms with E-state index in [-0.39, 0.29) is 11.0 Å². The maximum atomic E-state index is 10.7. The van der Waals surface area contributed by atoms with E-state index in [1.165, 1.54) is 0 Å². The number of nitro groups is 1. The summed E-state index contributed by atoms with van der Waals surface area (Å²) in [6, 6.07) is 0. The average Bonchev–Trinajstić information content (AvgIpc) is 2.54. The zero-order valence-corrected chi connectivity index (χ0v) is 10.3. The summed E-state index contributed by atoms with van der Waals surface area (Å²) in [5.41, 5.74) is 0. The molecule has 5 nitrogen and oxygen atoms in total. The second kappa shape index (κ2) is 5.84. The molecule has 1 aromatic rings. The Morgan fingerprint density at radius 1 is 1.44 bits per heavy atom. The molecule has 1 heterocycles. The van der Waals surface area contributed by atoms with Gasteiger partial charge in [0.2, 0.25) is 11.0 Å². The molecule has 0 spiro atoms. The first-order chi connectivity index (χ1) is 7.61. The van der Waals surface area contributed by atoms with Crippen LogP contribution in [0.5, 0.6) is 0 Å². The Morgan fingerprint density at radius 3 is 2.62 bits per heavy atom. The number of nitrogens with zero attached hydrogens (tertiary/aromatic N) is 3. The van der Waals surface area contributed by atoms with Crippen LogP contribution in [0.3, 0.4) is 0 Å². The van der Waals surface area contributed by atoms with Crippen LogP contribution in [0.2, 0.25) is 5.15 Å². The topological polar surface area (TPSA) is 61.0 Å². The number of rotatable bonds is 6. The van der Waals surface area contributed by atoms with Crippen LogP contribution < -0.4 is 0 Å². The maximum absolute atomic E-state index is 10.7. The summed E-state index contributed by atoms with van der Waals surface area (Å²) in [4.78, 5) is 14.2. The predicted octanol–water partition coefficient (Wildman–Crippen LogP) is 3.20. The van der Waals surface area contributed by atoms with E-state index in [0.29, 0.717) is 12.4 Å². The van der Waals surface area contributed by atoms with Gasteiger partial charge in [-0.15, -0.1) is 0 Å². The van der Waals surface area contributed by atoms with Crippen LogP contribution in [0.4, 0.5) is 5.82 Å². The van der Waals surface area contributed by atoms with Crippen molar-refractivity contribution in [2.24, 2.45) is 0 Å². The largest absolute Gasteiger partial charge is 0.401 e. The van der Waals surface area contributed by atoms with Gasteiger partial charge in [-0.1, -0.05) is 31.9 Å². The van der Waals surface area contributed by atoms with Crippen LogP contribution in [0.25, 0.3) is 0 Å². The van der Waals surface area contributed by atoms with Gasteiger partial charge in [-0.3, -0.25) is 4.57 Å². The molecule has 0 radical (unpaired) electrons. The standard InChI is InChI=1S/C10H16ClN3O2/c1-3-5-7-13-8(6-4-2)12-10(9(13)11)14(15)16/h3-7H2,1-2H3. The van der Waals surface area contributed by atoms with Crippen LogP contribution >= 0.6 is 11.6 Å². The molecule has 0 amide bonds. The molecule has 16 heavy (non-hydrogen) atoms. The van der Waals surface area contributed by atoms with E-state index in [0.717, 1.165) is 25.7 Å². The lowest BCUT2D eigenvalue weighted by Gasteiger charge is -2.03. The fourth-order valence-corrected chi connectivity index (χ4v) is 1.83. The molecule has 1 aromatic heterocycles. The van der Waals surface area contributed by atoms with Crippen molar-refractivity contribution in [2.75, 3.05) is 0 Å². The van der Waals surface area contributed by atoms with E-state index in [4.69, 9.17) is 11.6 Å². The molecule has 90 valence electrons. The van der Waals surface area contributed by atoms with Crippen molar-refractivity contribution in [3.63, 3.8) is 0 Å². The highest BCUT2D eigenvalue weighted by atomic mass is 35.5. The second-order valence-electron chi connectivity index (χ2n) is 3.65. The Kier molecular flexibility index (Phi) is 4.73. The Morgan fingerprint density at radius 2 is 2.12 bits per heavy atom. The molecule has 1 rings (SSSR count). The fraction of sp³-hybridized carbons (Fsp3) is 0.700. The molecule has 0 fully saturated rings. The zero-order chi connectivity index (χ0) is 12.1. The van der Waals surface area contributed by atoms with Crippen molar-refractivity contribution < 1.29 is 4.92 Å². The normalized spacial score (nSPS) is 10.7. The smallest absolute Gasteiger partial charge is 0.358 e. The molecule has 0 aromatic carbocycles. The number of aryl methyl sites for hydroxylation is 1. The fourth-order valence-electron chi connectivity index (χ4n) is 1.54. The minimum atomic E-state index is -0.524. The lowest BCUT2D eigenvalue weighted by Crippen LogP contribution is -2.03. The second-order valence-corrected chi connectivity index (χ2v) is 4.01. The molecule has 0 N–H and O–H groups in total. The first-order valence-corrected chi connectivity index (χ1v) is 5.88. The third-order valence-electron chi connectivity index (χ3n) is 2.35. The van der Waals surface area contributed by atoms with Crippen LogP contribution in [-0.2, 0) is 13.0 Å². The van der Waals surface area contributed by atoms with Gasteiger partial charge in [0.15, 0.2) is 0 Å². The number of halogens is 1. The zero-order valence-electron chi connectivity index (χ0n) is 9.57. The van der Waals surface area contributed by atoms with Gasteiger partial charge in [0, 0.05) is 13.0 Å². The van der Waals surface area contributed by atoms with Crippen LogP contribution in [0.15, 0.2) is 0 Å². The summed E-state index contributed by atoms with van der Waals surface area (Å²) in [7, 11) is 0. The molecule has 0 aliphatic rings. The van der Waals surface area contributed by atoms with Crippen LogP contribution in [0.1, 0.15) is 38.9 Å². The number of aromatic nitrogens is 2. The molecule has 0 unspecified atom stereocenters. The van der Waals surface area contributed by atoms with Crippen molar-refractivity contribution in [1.29, 1.82) is 0 Å². The van der Waals surface area contributed by atoms with E-state index >= 15 is 0 Å². The Balaban J connectivity index is 3.04. The van der Waals surface area contributed by atoms with Gasteiger partial charge >= 0.3 is 5.82 Å². The minimum Gasteiger partial charge on any atom is -0.358 e. The third-order valence-corrected chi connectivity index (χ3v) is 2.72. The highest BCUT2D eigenvalue weighted by molar-refractivity contribution is 6.31. The SMILES string of the molecule is CCCCn1c(CCC)nc([N+](=O)[O-])c1Cl. The molecule has 0 bridgehead atoms. The quantitative estimate of drug-likeness (QED) is 0.571. The summed E-state index contributed by atoms with van der Waals surface area (Å²) in [6.45, 7) is 4.78. The van der Waals surface area contributed by atoms with Gasteiger partial charge in [-0.2, -0.15) is 0 Å². The number of unbranched alkanes of at least 4 members (excludes halogenated alkanes) is 1. The minimum absolute atomic E-state index is 0.155. The molecular weight excluding hydrogens is 230 g/mol. The van der Waals surface area contributed by atoms with Crippen molar-refractivity contribution in [3.05, 3.63) is 21.1 Å². The summed E-state index contributed by atoms with van der Waals surface area (Å²) >= 11 is 5.95. The van der Waals surface area contributed by atoms with E-state index < -0.39 is 4.92 Å². The van der Waals surface area contributed by atoms with E-state index in [2.05, 4.69) is 11.9 Å². The van der Waals surface area contributed by atoms with Gasteiger partial charge in [-0.05, 0) is 22.7 Å². The molecule has 0 aliphatic carbocycles. The Labute approximate surface area is 99.6 Å². The number of hydrogen-bond acceptors (Lipinski definition) is 3. The highest BCUT2D eigenvalue weighted by Crippen LogP contribution is 2.26. The van der Waals surface area contributed by atoms with Crippen molar-refractivity contribution >= 4 is 17.4 Å². The van der Waals surface area contributed by atoms with Crippen molar-refractivity contribution in [1.82, 2.24) is 9.55 Å². The molecular formula is C10H16ClN3O2. The summed E-state index contributed by atoms with van der Waals surface area (Å²) in [5, 5.41) is 10.9. The number of hydrogen-bond donors (Lipinski definition) is 0. The summed E-state index contributed by atoms with van der Waals surface area (Å²) in [6.07, 6.45) is 3.59. The monoisotopic (exact) mass is 245 g/mol. The van der Waals surface area contributed by atoms with Crippen molar-refractivity contribution in [2.45, 2.75) is 46.1 Å². The number of imidazole rings is 1. The molecule has 6 heteroatoms. The molecule has 0 saturated heterocycles.